The first-order valence-electron chi connectivity index (χ1n) is 11.4. The summed E-state index contributed by atoms with van der Waals surface area (Å²) in [5, 5.41) is 4.03. The number of hydrogen-bond donors (Lipinski definition) is 2. The van der Waals surface area contributed by atoms with Gasteiger partial charge < -0.3 is 10.3 Å². The molecular formula is C29H24N2O2. The number of nitrogens with one attached hydrogen (secondary N) is 2. The quantitative estimate of drug-likeness (QED) is 0.448. The molecule has 0 spiro atoms. The molecule has 2 N–H and O–H groups in total. The van der Waals surface area contributed by atoms with Gasteiger partial charge in [0.15, 0.2) is 0 Å². The third kappa shape index (κ3) is 3.39. The van der Waals surface area contributed by atoms with E-state index in [1.165, 1.54) is 28.3 Å². The van der Waals surface area contributed by atoms with Gasteiger partial charge in [-0.15, -0.1) is 0 Å². The molecule has 0 aliphatic heterocycles. The molecule has 3 aliphatic rings. The molecule has 2 bridgehead atoms. The third-order valence-electron chi connectivity index (χ3n) is 7.16. The summed E-state index contributed by atoms with van der Waals surface area (Å²) in [6.45, 7) is 0.612. The van der Waals surface area contributed by atoms with E-state index >= 15 is 0 Å². The molecule has 33 heavy (non-hydrogen) atoms. The molecule has 162 valence electrons. The van der Waals surface area contributed by atoms with Crippen molar-refractivity contribution in [3.8, 4) is 0 Å². The van der Waals surface area contributed by atoms with E-state index in [9.17, 15) is 9.59 Å². The fraction of sp³-hybridized carbons (Fsp3) is 0.172. The molecule has 0 fully saturated rings. The van der Waals surface area contributed by atoms with E-state index in [0.29, 0.717) is 29.9 Å². The normalized spacial score (nSPS) is 20.5. The monoisotopic (exact) mass is 432 g/mol. The van der Waals surface area contributed by atoms with Crippen molar-refractivity contribution in [2.75, 3.05) is 6.54 Å². The number of rotatable bonds is 4. The Morgan fingerprint density at radius 2 is 1.55 bits per heavy atom. The molecule has 1 atom stereocenters. The topological polar surface area (TPSA) is 62.0 Å². The van der Waals surface area contributed by atoms with Crippen molar-refractivity contribution in [1.82, 2.24) is 10.3 Å². The summed E-state index contributed by atoms with van der Waals surface area (Å²) < 4.78 is 0. The second kappa shape index (κ2) is 7.89. The number of para-hydroxylation sites is 1. The van der Waals surface area contributed by atoms with Crippen LogP contribution in [0, 0.1) is 5.92 Å². The van der Waals surface area contributed by atoms with Gasteiger partial charge in [-0.1, -0.05) is 66.7 Å². The summed E-state index contributed by atoms with van der Waals surface area (Å²) >= 11 is 0. The highest BCUT2D eigenvalue weighted by molar-refractivity contribution is 5.92. The van der Waals surface area contributed by atoms with Gasteiger partial charge in [-0.2, -0.15) is 0 Å². The smallest absolute Gasteiger partial charge is 0.255 e. The molecule has 0 saturated carbocycles. The predicted octanol–water partition coefficient (Wildman–Crippen LogP) is 4.95. The van der Waals surface area contributed by atoms with Crippen LogP contribution in [0.2, 0.25) is 0 Å². The Labute approximate surface area is 192 Å². The lowest BCUT2D eigenvalue weighted by molar-refractivity contribution is -0.116. The van der Waals surface area contributed by atoms with Crippen LogP contribution in [0.25, 0.3) is 17.0 Å². The summed E-state index contributed by atoms with van der Waals surface area (Å²) in [6, 6.07) is 26.9. The molecule has 1 heterocycles. The first kappa shape index (κ1) is 19.7. The number of H-pyrrole nitrogens is 1. The first-order valence-corrected chi connectivity index (χ1v) is 11.4. The Morgan fingerprint density at radius 1 is 0.909 bits per heavy atom. The second-order valence-corrected chi connectivity index (χ2v) is 9.00. The summed E-state index contributed by atoms with van der Waals surface area (Å²) in [5.41, 5.74) is 6.71. The van der Waals surface area contributed by atoms with Crippen LogP contribution < -0.4 is 10.9 Å². The van der Waals surface area contributed by atoms with E-state index in [0.717, 1.165) is 17.3 Å². The van der Waals surface area contributed by atoms with Crippen LogP contribution in [0.4, 0.5) is 0 Å². The Morgan fingerprint density at radius 3 is 2.27 bits per heavy atom. The van der Waals surface area contributed by atoms with Crippen molar-refractivity contribution < 1.29 is 4.79 Å². The van der Waals surface area contributed by atoms with E-state index in [-0.39, 0.29) is 11.5 Å². The minimum atomic E-state index is -0.199. The first-order chi connectivity index (χ1) is 16.2. The number of aromatic amines is 1. The number of benzene rings is 3. The van der Waals surface area contributed by atoms with Crippen LogP contribution in [0.3, 0.4) is 0 Å². The number of aromatic nitrogens is 1. The van der Waals surface area contributed by atoms with Crippen LogP contribution in [0.5, 0.6) is 0 Å². The predicted molar refractivity (Wildman–Crippen MR) is 131 cm³/mol. The van der Waals surface area contributed by atoms with Gasteiger partial charge in [-0.3, -0.25) is 9.59 Å². The van der Waals surface area contributed by atoms with Crippen molar-refractivity contribution in [3.63, 3.8) is 0 Å². The Hall–Kier alpha value is -3.92. The molecule has 0 saturated heterocycles. The fourth-order valence-corrected chi connectivity index (χ4v) is 5.70. The fourth-order valence-electron chi connectivity index (χ4n) is 5.70. The molecule has 4 aromatic rings. The van der Waals surface area contributed by atoms with Crippen molar-refractivity contribution in [2.45, 2.75) is 18.3 Å². The highest BCUT2D eigenvalue weighted by atomic mass is 16.1. The zero-order valence-corrected chi connectivity index (χ0v) is 18.1. The summed E-state index contributed by atoms with van der Waals surface area (Å²) in [5.74, 6) is 0.859. The van der Waals surface area contributed by atoms with Crippen LogP contribution >= 0.6 is 0 Å². The number of carbonyl (C=O) groups is 1. The molecule has 1 amide bonds. The molecule has 7 rings (SSSR count). The molecule has 3 aliphatic carbocycles. The lowest BCUT2D eigenvalue weighted by Gasteiger charge is -2.45. The standard InChI is InChI=1S/C29H24N2O2/c32-27(14-13-19-15-18-7-1-6-12-26(18)31-29(19)33)30-17-20-16-25-21-8-2-4-10-23(21)28(20)24-11-5-3-9-22(24)25/h1-15,20,25,28H,16-17H2,(H,30,32)(H,31,33). The Balaban J connectivity index is 1.20. The molecule has 3 aromatic carbocycles. The number of hydrogen-bond acceptors (Lipinski definition) is 2. The van der Waals surface area contributed by atoms with Gasteiger partial charge >= 0.3 is 0 Å². The number of pyridine rings is 1. The van der Waals surface area contributed by atoms with Gasteiger partial charge in [0, 0.05) is 35.5 Å². The van der Waals surface area contributed by atoms with Crippen molar-refractivity contribution in [1.29, 1.82) is 0 Å². The number of fused-ring (bicyclic) bond motifs is 2. The molecular weight excluding hydrogens is 408 g/mol. The van der Waals surface area contributed by atoms with Crippen molar-refractivity contribution >= 4 is 22.9 Å². The maximum absolute atomic E-state index is 12.6. The van der Waals surface area contributed by atoms with Gasteiger partial charge in [0.2, 0.25) is 5.91 Å². The largest absolute Gasteiger partial charge is 0.352 e. The average molecular weight is 433 g/mol. The van der Waals surface area contributed by atoms with Crippen LogP contribution in [-0.4, -0.2) is 17.4 Å². The minimum Gasteiger partial charge on any atom is -0.352 e. The lowest BCUT2D eigenvalue weighted by atomic mass is 9.59. The average Bonchev–Trinajstić information content (AvgIpc) is 2.86. The van der Waals surface area contributed by atoms with E-state index < -0.39 is 0 Å². The van der Waals surface area contributed by atoms with Crippen molar-refractivity contribution in [3.05, 3.63) is 123 Å². The highest BCUT2D eigenvalue weighted by Gasteiger charge is 2.42. The maximum Gasteiger partial charge on any atom is 0.255 e. The third-order valence-corrected chi connectivity index (χ3v) is 7.16. The van der Waals surface area contributed by atoms with E-state index in [1.807, 2.05) is 30.3 Å². The molecule has 0 radical (unpaired) electrons. The van der Waals surface area contributed by atoms with Gasteiger partial charge in [-0.25, -0.2) is 0 Å². The highest BCUT2D eigenvalue weighted by Crippen LogP contribution is 2.55. The molecule has 1 aromatic heterocycles. The second-order valence-electron chi connectivity index (χ2n) is 9.00. The van der Waals surface area contributed by atoms with Gasteiger partial charge in [-0.05, 0) is 58.2 Å². The van der Waals surface area contributed by atoms with Crippen LogP contribution in [-0.2, 0) is 4.79 Å². The maximum atomic E-state index is 12.6. The van der Waals surface area contributed by atoms with E-state index in [4.69, 9.17) is 0 Å². The Kier molecular flexibility index (Phi) is 4.72. The van der Waals surface area contributed by atoms with E-state index in [2.05, 4.69) is 58.8 Å². The van der Waals surface area contributed by atoms with Crippen molar-refractivity contribution in [2.24, 2.45) is 5.92 Å². The molecule has 1 unspecified atom stereocenters. The van der Waals surface area contributed by atoms with Gasteiger partial charge in [0.05, 0.1) is 0 Å². The molecule has 4 heteroatoms. The minimum absolute atomic E-state index is 0.175. The van der Waals surface area contributed by atoms with E-state index in [1.54, 1.807) is 6.08 Å². The SMILES string of the molecule is O=C(C=Cc1cc2ccccc2[nH]c1=O)NCC1CC2c3ccccc3C1c1ccccc12. The Bertz CT molecular complexity index is 1420. The zero-order chi connectivity index (χ0) is 22.4. The van der Waals surface area contributed by atoms with Gasteiger partial charge in [0.1, 0.15) is 0 Å². The summed E-state index contributed by atoms with van der Waals surface area (Å²) in [6.07, 6.45) is 4.09. The van der Waals surface area contributed by atoms with Gasteiger partial charge in [0.25, 0.3) is 5.56 Å². The summed E-state index contributed by atoms with van der Waals surface area (Å²) in [7, 11) is 0. The number of carbonyl (C=O) groups excluding carboxylic acids is 1. The lowest BCUT2D eigenvalue weighted by Crippen LogP contribution is -2.39. The number of amides is 1. The molecule has 4 nitrogen and oxygen atoms in total. The zero-order valence-electron chi connectivity index (χ0n) is 18.1. The van der Waals surface area contributed by atoms with Crippen LogP contribution in [0.1, 0.15) is 46.1 Å². The van der Waals surface area contributed by atoms with Crippen LogP contribution in [0.15, 0.2) is 89.7 Å². The summed E-state index contributed by atoms with van der Waals surface area (Å²) in [4.78, 5) is 27.8.